The first-order valence-electron chi connectivity index (χ1n) is 7.34. The monoisotopic (exact) mass is 285 g/mol. The van der Waals surface area contributed by atoms with Crippen LogP contribution < -0.4 is 11.1 Å². The van der Waals surface area contributed by atoms with Gasteiger partial charge in [0.05, 0.1) is 6.10 Å². The van der Waals surface area contributed by atoms with Gasteiger partial charge in [-0.2, -0.15) is 0 Å². The Labute approximate surface area is 120 Å². The molecule has 4 N–H and O–H groups in total. The molecule has 6 nitrogen and oxygen atoms in total. The predicted octanol–water partition coefficient (Wildman–Crippen LogP) is 1.61. The first kappa shape index (κ1) is 16.8. The van der Waals surface area contributed by atoms with Crippen molar-refractivity contribution in [3.8, 4) is 0 Å². The number of hydrogen-bond donors (Lipinski definition) is 3. The summed E-state index contributed by atoms with van der Waals surface area (Å²) in [6.45, 7) is 5.91. The molecule has 0 bridgehead atoms. The topological polar surface area (TPSA) is 96.9 Å². The largest absolute Gasteiger partial charge is 0.409 e. The van der Waals surface area contributed by atoms with Crippen molar-refractivity contribution in [2.45, 2.75) is 64.5 Å². The summed E-state index contributed by atoms with van der Waals surface area (Å²) in [5.41, 5.74) is 5.09. The number of rotatable bonds is 6. The van der Waals surface area contributed by atoms with E-state index in [2.05, 4.69) is 17.4 Å². The van der Waals surface area contributed by atoms with Crippen LogP contribution in [0.4, 0.5) is 0 Å². The Morgan fingerprint density at radius 2 is 2.10 bits per heavy atom. The third kappa shape index (κ3) is 4.37. The standard InChI is InChI=1S/C14H27N3O3/c1-4-11-5-7-14(8-6-11,13(15)17-19)16-12(18)9-20-10(2)3/h10-11,19H,4-9H2,1-3H3,(H2,15,17)(H,16,18). The number of amides is 1. The van der Waals surface area contributed by atoms with Gasteiger partial charge in [0.2, 0.25) is 5.91 Å². The van der Waals surface area contributed by atoms with Crippen molar-refractivity contribution in [2.75, 3.05) is 6.61 Å². The molecule has 0 aromatic heterocycles. The van der Waals surface area contributed by atoms with Gasteiger partial charge >= 0.3 is 0 Å². The van der Waals surface area contributed by atoms with Gasteiger partial charge in [-0.05, 0) is 45.4 Å². The fourth-order valence-corrected chi connectivity index (χ4v) is 2.66. The summed E-state index contributed by atoms with van der Waals surface area (Å²) in [6.07, 6.45) is 4.47. The Bertz CT molecular complexity index is 348. The molecule has 0 aromatic rings. The van der Waals surface area contributed by atoms with Crippen LogP contribution in [0, 0.1) is 5.92 Å². The van der Waals surface area contributed by atoms with E-state index in [1.54, 1.807) is 0 Å². The molecule has 0 atom stereocenters. The van der Waals surface area contributed by atoms with Crippen molar-refractivity contribution >= 4 is 11.7 Å². The number of nitrogens with zero attached hydrogens (tertiary/aromatic N) is 1. The van der Waals surface area contributed by atoms with Gasteiger partial charge in [0.1, 0.15) is 12.1 Å². The molecule has 0 aromatic carbocycles. The first-order chi connectivity index (χ1) is 9.43. The summed E-state index contributed by atoms with van der Waals surface area (Å²) >= 11 is 0. The highest BCUT2D eigenvalue weighted by Crippen LogP contribution is 2.34. The summed E-state index contributed by atoms with van der Waals surface area (Å²) in [4.78, 5) is 12.0. The molecule has 1 fully saturated rings. The molecule has 20 heavy (non-hydrogen) atoms. The molecular formula is C14H27N3O3. The van der Waals surface area contributed by atoms with E-state index >= 15 is 0 Å². The zero-order chi connectivity index (χ0) is 15.2. The van der Waals surface area contributed by atoms with E-state index < -0.39 is 5.54 Å². The zero-order valence-corrected chi connectivity index (χ0v) is 12.7. The van der Waals surface area contributed by atoms with Crippen LogP contribution in [-0.2, 0) is 9.53 Å². The number of nitrogens with two attached hydrogens (primary N) is 1. The third-order valence-corrected chi connectivity index (χ3v) is 4.06. The lowest BCUT2D eigenvalue weighted by atomic mass is 9.75. The Balaban J connectivity index is 2.68. The van der Waals surface area contributed by atoms with Gasteiger partial charge in [-0.3, -0.25) is 4.79 Å². The molecule has 1 rings (SSSR count). The summed E-state index contributed by atoms with van der Waals surface area (Å²) in [5, 5.41) is 15.0. The molecule has 0 spiro atoms. The van der Waals surface area contributed by atoms with Crippen LogP contribution >= 0.6 is 0 Å². The molecule has 1 aliphatic carbocycles. The molecule has 1 saturated carbocycles. The molecule has 0 radical (unpaired) electrons. The van der Waals surface area contributed by atoms with Crippen molar-refractivity contribution in [1.29, 1.82) is 0 Å². The maximum atomic E-state index is 12.0. The highest BCUT2D eigenvalue weighted by atomic mass is 16.5. The van der Waals surface area contributed by atoms with E-state index in [0.29, 0.717) is 18.8 Å². The van der Waals surface area contributed by atoms with Crippen LogP contribution in [0.2, 0.25) is 0 Å². The number of hydrogen-bond acceptors (Lipinski definition) is 4. The maximum absolute atomic E-state index is 12.0. The minimum atomic E-state index is -0.724. The van der Waals surface area contributed by atoms with Crippen LogP contribution in [0.3, 0.4) is 0 Å². The zero-order valence-electron chi connectivity index (χ0n) is 12.7. The minimum Gasteiger partial charge on any atom is -0.409 e. The Hall–Kier alpha value is -1.30. The van der Waals surface area contributed by atoms with Gasteiger partial charge in [-0.1, -0.05) is 18.5 Å². The highest BCUT2D eigenvalue weighted by Gasteiger charge is 2.40. The first-order valence-corrected chi connectivity index (χ1v) is 7.34. The molecule has 0 aliphatic heterocycles. The molecule has 0 unspecified atom stereocenters. The number of carbonyl (C=O) groups is 1. The second-order valence-corrected chi connectivity index (χ2v) is 5.83. The number of amidine groups is 1. The van der Waals surface area contributed by atoms with Gasteiger partial charge in [-0.25, -0.2) is 0 Å². The summed E-state index contributed by atoms with van der Waals surface area (Å²) in [6, 6.07) is 0. The van der Waals surface area contributed by atoms with Crippen molar-refractivity contribution in [3.63, 3.8) is 0 Å². The predicted molar refractivity (Wildman–Crippen MR) is 77.6 cm³/mol. The van der Waals surface area contributed by atoms with E-state index in [9.17, 15) is 4.79 Å². The van der Waals surface area contributed by atoms with E-state index in [4.69, 9.17) is 15.7 Å². The molecule has 1 amide bonds. The van der Waals surface area contributed by atoms with Gasteiger partial charge < -0.3 is 21.0 Å². The molecule has 0 heterocycles. The van der Waals surface area contributed by atoms with Crippen LogP contribution in [0.15, 0.2) is 5.16 Å². The van der Waals surface area contributed by atoms with Crippen molar-refractivity contribution in [1.82, 2.24) is 5.32 Å². The van der Waals surface area contributed by atoms with Crippen LogP contribution in [-0.4, -0.2) is 35.2 Å². The van der Waals surface area contributed by atoms with E-state index in [-0.39, 0.29) is 24.5 Å². The Kier molecular flexibility index (Phi) is 6.26. The molecule has 6 heteroatoms. The lowest BCUT2D eigenvalue weighted by Crippen LogP contribution is -2.59. The smallest absolute Gasteiger partial charge is 0.246 e. The molecule has 1 aliphatic rings. The number of carbonyl (C=O) groups excluding carboxylic acids is 1. The van der Waals surface area contributed by atoms with Crippen molar-refractivity contribution < 1.29 is 14.7 Å². The van der Waals surface area contributed by atoms with Crippen LogP contribution in [0.1, 0.15) is 52.9 Å². The fraction of sp³-hybridized carbons (Fsp3) is 0.857. The summed E-state index contributed by atoms with van der Waals surface area (Å²) in [5.74, 6) is 0.517. The quantitative estimate of drug-likeness (QED) is 0.299. The van der Waals surface area contributed by atoms with E-state index in [1.807, 2.05) is 13.8 Å². The minimum absolute atomic E-state index is 0.00335. The fourth-order valence-electron chi connectivity index (χ4n) is 2.66. The lowest BCUT2D eigenvalue weighted by molar-refractivity contribution is -0.128. The SMILES string of the molecule is CCC1CCC(NC(=O)COC(C)C)(C(N)=NO)CC1. The van der Waals surface area contributed by atoms with Crippen molar-refractivity contribution in [3.05, 3.63) is 0 Å². The summed E-state index contributed by atoms with van der Waals surface area (Å²) in [7, 11) is 0. The Morgan fingerprint density at radius 1 is 1.50 bits per heavy atom. The van der Waals surface area contributed by atoms with Gasteiger partial charge in [0.25, 0.3) is 0 Å². The van der Waals surface area contributed by atoms with Gasteiger partial charge in [-0.15, -0.1) is 0 Å². The number of nitrogens with one attached hydrogen (secondary N) is 1. The second kappa shape index (κ2) is 7.47. The third-order valence-electron chi connectivity index (χ3n) is 4.06. The van der Waals surface area contributed by atoms with E-state index in [0.717, 1.165) is 19.3 Å². The number of oxime groups is 1. The normalized spacial score (nSPS) is 27.6. The van der Waals surface area contributed by atoms with Crippen molar-refractivity contribution in [2.24, 2.45) is 16.8 Å². The summed E-state index contributed by atoms with van der Waals surface area (Å²) < 4.78 is 5.29. The lowest BCUT2D eigenvalue weighted by Gasteiger charge is -2.39. The Morgan fingerprint density at radius 3 is 2.55 bits per heavy atom. The van der Waals surface area contributed by atoms with E-state index in [1.165, 1.54) is 0 Å². The molecule has 0 saturated heterocycles. The average molecular weight is 285 g/mol. The van der Waals surface area contributed by atoms with Gasteiger partial charge in [0, 0.05) is 0 Å². The molecule has 116 valence electrons. The highest BCUT2D eigenvalue weighted by molar-refractivity contribution is 5.94. The second-order valence-electron chi connectivity index (χ2n) is 5.83. The molecular weight excluding hydrogens is 258 g/mol. The van der Waals surface area contributed by atoms with Crippen LogP contribution in [0.25, 0.3) is 0 Å². The van der Waals surface area contributed by atoms with Crippen LogP contribution in [0.5, 0.6) is 0 Å². The number of ether oxygens (including phenoxy) is 1. The maximum Gasteiger partial charge on any atom is 0.246 e. The van der Waals surface area contributed by atoms with Gasteiger partial charge in [0.15, 0.2) is 5.84 Å². The average Bonchev–Trinajstić information content (AvgIpc) is 2.45.